The fourth-order valence-corrected chi connectivity index (χ4v) is 4.47. The molecule has 0 unspecified atom stereocenters. The number of phenolic OH excluding ortho intramolecular Hbond substituents is 1. The van der Waals surface area contributed by atoms with Crippen LogP contribution in [0.4, 0.5) is 0 Å². The number of aliphatic carboxylic acids is 1. The second-order valence-corrected chi connectivity index (χ2v) is 7.42. The van der Waals surface area contributed by atoms with Gasteiger partial charge in [-0.1, -0.05) is 26.0 Å². The molecular formula is C18H22N2O5. The summed E-state index contributed by atoms with van der Waals surface area (Å²) in [4.78, 5) is 38.5. The van der Waals surface area contributed by atoms with Gasteiger partial charge < -0.3 is 20.3 Å². The van der Waals surface area contributed by atoms with Crippen LogP contribution in [0, 0.1) is 17.8 Å². The molecule has 2 amide bonds. The average Bonchev–Trinajstić information content (AvgIpc) is 2.98. The lowest BCUT2D eigenvalue weighted by Gasteiger charge is -2.33. The highest BCUT2D eigenvalue weighted by Crippen LogP contribution is 2.46. The fourth-order valence-electron chi connectivity index (χ4n) is 4.47. The minimum absolute atomic E-state index is 0.00766. The first-order chi connectivity index (χ1) is 11.7. The van der Waals surface area contributed by atoms with E-state index in [1.165, 1.54) is 13.1 Å². The zero-order valence-corrected chi connectivity index (χ0v) is 14.4. The second-order valence-electron chi connectivity index (χ2n) is 7.42. The normalized spacial score (nSPS) is 31.7. The molecule has 0 aliphatic carbocycles. The summed E-state index contributed by atoms with van der Waals surface area (Å²) in [7, 11) is 1.38. The number of carboxylic acid groups (broad SMARTS) is 1. The van der Waals surface area contributed by atoms with E-state index in [0.717, 1.165) is 4.90 Å². The molecule has 7 nitrogen and oxygen atoms in total. The van der Waals surface area contributed by atoms with Gasteiger partial charge in [-0.2, -0.15) is 0 Å². The number of nitrogens with two attached hydrogens (primary N) is 1. The molecule has 0 spiro atoms. The van der Waals surface area contributed by atoms with Crippen molar-refractivity contribution in [3.8, 4) is 5.75 Å². The number of carboxylic acids is 1. The van der Waals surface area contributed by atoms with Crippen molar-refractivity contribution in [2.24, 2.45) is 17.8 Å². The monoisotopic (exact) mass is 346 g/mol. The molecule has 0 aromatic heterocycles. The summed E-state index contributed by atoms with van der Waals surface area (Å²) in [6.45, 7) is 3.73. The van der Waals surface area contributed by atoms with Crippen LogP contribution < -0.4 is 10.4 Å². The summed E-state index contributed by atoms with van der Waals surface area (Å²) in [5.41, 5.74) is -1.07. The Hall–Kier alpha value is -2.41. The first kappa shape index (κ1) is 17.4. The van der Waals surface area contributed by atoms with Crippen molar-refractivity contribution in [1.29, 1.82) is 0 Å². The largest absolute Gasteiger partial charge is 0.544 e. The van der Waals surface area contributed by atoms with Crippen molar-refractivity contribution in [2.75, 3.05) is 7.05 Å². The molecule has 0 radical (unpaired) electrons. The number of fused-ring (bicyclic) bond motifs is 1. The lowest BCUT2D eigenvalue weighted by Crippen LogP contribution is -2.99. The van der Waals surface area contributed by atoms with Crippen molar-refractivity contribution < 1.29 is 29.9 Å². The van der Waals surface area contributed by atoms with Crippen molar-refractivity contribution in [3.05, 3.63) is 29.8 Å². The zero-order valence-electron chi connectivity index (χ0n) is 14.4. The van der Waals surface area contributed by atoms with E-state index in [-0.39, 0.29) is 18.1 Å². The van der Waals surface area contributed by atoms with E-state index in [1.807, 2.05) is 13.8 Å². The lowest BCUT2D eigenvalue weighted by molar-refractivity contribution is -0.740. The topological polar surface area (TPSA) is 114 Å². The summed E-state index contributed by atoms with van der Waals surface area (Å²) in [5.74, 6) is -4.10. The van der Waals surface area contributed by atoms with Crippen LogP contribution in [-0.2, 0) is 14.4 Å². The number of amides is 2. The maximum absolute atomic E-state index is 12.7. The van der Waals surface area contributed by atoms with Gasteiger partial charge in [-0.15, -0.1) is 0 Å². The van der Waals surface area contributed by atoms with E-state index in [0.29, 0.717) is 5.56 Å². The molecule has 3 rings (SSSR count). The van der Waals surface area contributed by atoms with Gasteiger partial charge >= 0.3 is 0 Å². The van der Waals surface area contributed by atoms with Gasteiger partial charge in [0.2, 0.25) is 11.8 Å². The third-order valence-corrected chi connectivity index (χ3v) is 5.41. The molecule has 2 heterocycles. The molecule has 0 saturated carbocycles. The Labute approximate surface area is 145 Å². The Morgan fingerprint density at radius 2 is 1.96 bits per heavy atom. The smallest absolute Gasteiger partial charge is 0.239 e. The number of hydrogen-bond acceptors (Lipinski definition) is 5. The summed E-state index contributed by atoms with van der Waals surface area (Å²) in [5, 5.41) is 23.9. The number of carbonyl (C=O) groups is 3. The number of aromatic hydroxyl groups is 1. The van der Waals surface area contributed by atoms with Gasteiger partial charge in [0.1, 0.15) is 35.1 Å². The summed E-state index contributed by atoms with van der Waals surface area (Å²) < 4.78 is 0. The minimum atomic E-state index is -1.52. The molecule has 2 aliphatic heterocycles. The van der Waals surface area contributed by atoms with Gasteiger partial charge in [-0.25, -0.2) is 0 Å². The SMILES string of the molecule is CC(C)C[C@]1(C(=O)[O-])[NH2+][C@@H](c2ccccc2O)[C@H]2C(=O)N(C)C(=O)[C@@H]21. The van der Waals surface area contributed by atoms with E-state index in [4.69, 9.17) is 0 Å². The van der Waals surface area contributed by atoms with E-state index in [9.17, 15) is 24.6 Å². The lowest BCUT2D eigenvalue weighted by atomic mass is 9.75. The van der Waals surface area contributed by atoms with E-state index in [2.05, 4.69) is 0 Å². The van der Waals surface area contributed by atoms with E-state index < -0.39 is 41.2 Å². The maximum atomic E-state index is 12.7. The third-order valence-electron chi connectivity index (χ3n) is 5.41. The Morgan fingerprint density at radius 1 is 1.32 bits per heavy atom. The van der Waals surface area contributed by atoms with Crippen LogP contribution in [0.15, 0.2) is 24.3 Å². The van der Waals surface area contributed by atoms with E-state index >= 15 is 0 Å². The van der Waals surface area contributed by atoms with Gasteiger partial charge in [0.25, 0.3) is 0 Å². The van der Waals surface area contributed by atoms with Gasteiger partial charge in [0.15, 0.2) is 0 Å². The minimum Gasteiger partial charge on any atom is -0.544 e. The molecule has 4 atom stereocenters. The molecule has 2 fully saturated rings. The maximum Gasteiger partial charge on any atom is 0.239 e. The standard InChI is InChI=1S/C18H22N2O5/c1-9(2)8-18(17(24)25)13-12(15(22)20(3)16(13)23)14(19-18)10-6-4-5-7-11(10)21/h4-7,9,12-14,19,21H,8H2,1-3H3,(H,24,25)/t12-,13+,14-,18-/m0/s1. The number of imide groups is 1. The molecule has 7 heteroatoms. The quantitative estimate of drug-likeness (QED) is 0.663. The summed E-state index contributed by atoms with van der Waals surface area (Å²) in [6, 6.07) is 5.86. The molecule has 134 valence electrons. The predicted molar refractivity (Wildman–Crippen MR) is 84.7 cm³/mol. The summed E-state index contributed by atoms with van der Waals surface area (Å²) >= 11 is 0. The van der Waals surface area contributed by atoms with Gasteiger partial charge in [-0.05, 0) is 18.1 Å². The van der Waals surface area contributed by atoms with Crippen molar-refractivity contribution in [2.45, 2.75) is 31.8 Å². The van der Waals surface area contributed by atoms with Crippen LogP contribution in [0.1, 0.15) is 31.9 Å². The molecule has 0 bridgehead atoms. The number of rotatable bonds is 4. The predicted octanol–water partition coefficient (Wildman–Crippen LogP) is -1.22. The van der Waals surface area contributed by atoms with Crippen molar-refractivity contribution >= 4 is 17.8 Å². The number of nitrogens with zero attached hydrogens (tertiary/aromatic N) is 1. The molecule has 1 aromatic rings. The number of para-hydroxylation sites is 1. The van der Waals surface area contributed by atoms with Crippen molar-refractivity contribution in [3.63, 3.8) is 0 Å². The molecular weight excluding hydrogens is 324 g/mol. The number of carbonyl (C=O) groups excluding carboxylic acids is 3. The Balaban J connectivity index is 2.17. The Kier molecular flexibility index (Phi) is 4.07. The van der Waals surface area contributed by atoms with Crippen LogP contribution in [-0.4, -0.2) is 40.4 Å². The van der Waals surface area contributed by atoms with Crippen LogP contribution in [0.25, 0.3) is 0 Å². The highest BCUT2D eigenvalue weighted by molar-refractivity contribution is 6.08. The fraction of sp³-hybridized carbons (Fsp3) is 0.500. The van der Waals surface area contributed by atoms with Crippen LogP contribution in [0.5, 0.6) is 5.75 Å². The first-order valence-corrected chi connectivity index (χ1v) is 8.37. The number of quaternary nitrogens is 1. The third kappa shape index (κ3) is 2.41. The summed E-state index contributed by atoms with van der Waals surface area (Å²) in [6.07, 6.45) is 0.202. The molecule has 2 saturated heterocycles. The molecule has 1 aromatic carbocycles. The van der Waals surface area contributed by atoms with Crippen molar-refractivity contribution in [1.82, 2.24) is 4.90 Å². The first-order valence-electron chi connectivity index (χ1n) is 8.37. The van der Waals surface area contributed by atoms with Gasteiger partial charge in [0.05, 0.1) is 5.56 Å². The van der Waals surface area contributed by atoms with Gasteiger partial charge in [-0.3, -0.25) is 14.5 Å². The van der Waals surface area contributed by atoms with E-state index in [1.54, 1.807) is 23.5 Å². The Morgan fingerprint density at radius 3 is 2.52 bits per heavy atom. The molecule has 2 aliphatic rings. The van der Waals surface area contributed by atoms with Crippen LogP contribution in [0.3, 0.4) is 0 Å². The average molecular weight is 346 g/mol. The number of hydrogen-bond donors (Lipinski definition) is 2. The highest BCUT2D eigenvalue weighted by atomic mass is 16.4. The van der Waals surface area contributed by atoms with Gasteiger partial charge in [0, 0.05) is 13.5 Å². The number of benzene rings is 1. The molecule has 3 N–H and O–H groups in total. The van der Waals surface area contributed by atoms with Crippen LogP contribution in [0.2, 0.25) is 0 Å². The molecule has 25 heavy (non-hydrogen) atoms. The Bertz CT molecular complexity index is 747. The number of likely N-dealkylation sites (tertiary alicyclic amines) is 1. The highest BCUT2D eigenvalue weighted by Gasteiger charge is 2.69. The van der Waals surface area contributed by atoms with Crippen LogP contribution >= 0.6 is 0 Å². The number of phenols is 1. The zero-order chi connectivity index (χ0) is 18.5. The second kappa shape index (κ2) is 5.84.